The third-order valence-corrected chi connectivity index (χ3v) is 5.57. The standard InChI is InChI=1S/C18H16FN3O3S/c1-20-9-11-14-10(8-12(19)15(11)21-4-2-3-5-21)16(23)13(18(24)25)17-22(14)6-7-26-17/h6-9H,2-5H2,1H3,(H,24,25). The second-order valence-electron chi connectivity index (χ2n) is 6.19. The van der Waals surface area contributed by atoms with Crippen molar-refractivity contribution in [2.75, 3.05) is 25.0 Å². The van der Waals surface area contributed by atoms with Gasteiger partial charge in [0.1, 0.15) is 16.2 Å². The van der Waals surface area contributed by atoms with Gasteiger partial charge in [-0.15, -0.1) is 11.3 Å². The fraction of sp³-hybridized carbons (Fsp3) is 0.278. The van der Waals surface area contributed by atoms with Gasteiger partial charge in [-0.05, 0) is 18.9 Å². The van der Waals surface area contributed by atoms with E-state index in [0.29, 0.717) is 21.6 Å². The molecular weight excluding hydrogens is 357 g/mol. The molecule has 26 heavy (non-hydrogen) atoms. The third kappa shape index (κ3) is 2.33. The van der Waals surface area contributed by atoms with Crippen molar-refractivity contribution >= 4 is 44.9 Å². The molecule has 2 aromatic heterocycles. The molecule has 1 fully saturated rings. The Bertz CT molecular complexity index is 1130. The van der Waals surface area contributed by atoms with Gasteiger partial charge >= 0.3 is 5.97 Å². The number of nitrogens with zero attached hydrogens (tertiary/aromatic N) is 3. The van der Waals surface area contributed by atoms with Crippen molar-refractivity contribution in [3.63, 3.8) is 0 Å². The predicted molar refractivity (Wildman–Crippen MR) is 101 cm³/mol. The summed E-state index contributed by atoms with van der Waals surface area (Å²) < 4.78 is 16.7. The number of pyridine rings is 1. The highest BCUT2D eigenvalue weighted by Gasteiger charge is 2.26. The molecule has 0 amide bonds. The first kappa shape index (κ1) is 16.7. The Balaban J connectivity index is 2.23. The van der Waals surface area contributed by atoms with E-state index >= 15 is 0 Å². The first-order chi connectivity index (χ1) is 12.5. The van der Waals surface area contributed by atoms with Gasteiger partial charge in [-0.1, -0.05) is 0 Å². The molecule has 0 aliphatic carbocycles. The van der Waals surface area contributed by atoms with Crippen LogP contribution in [0.15, 0.2) is 27.4 Å². The number of aromatic nitrogens is 1. The van der Waals surface area contributed by atoms with Crippen LogP contribution in [0.4, 0.5) is 10.1 Å². The van der Waals surface area contributed by atoms with E-state index in [2.05, 4.69) is 4.99 Å². The lowest BCUT2D eigenvalue weighted by atomic mass is 10.0. The fourth-order valence-electron chi connectivity index (χ4n) is 3.65. The number of benzene rings is 1. The number of rotatable bonds is 3. The molecule has 1 N–H and O–H groups in total. The van der Waals surface area contributed by atoms with Gasteiger partial charge in [0.15, 0.2) is 0 Å². The number of hydrogen-bond acceptors (Lipinski definition) is 5. The molecule has 1 aliphatic heterocycles. The highest BCUT2D eigenvalue weighted by Crippen LogP contribution is 2.34. The summed E-state index contributed by atoms with van der Waals surface area (Å²) in [4.78, 5) is 30.8. The minimum Gasteiger partial charge on any atom is -0.477 e. The summed E-state index contributed by atoms with van der Waals surface area (Å²) in [6.45, 7) is 1.48. The quantitative estimate of drug-likeness (QED) is 0.716. The lowest BCUT2D eigenvalue weighted by Crippen LogP contribution is -2.23. The second kappa shape index (κ2) is 6.21. The van der Waals surface area contributed by atoms with Crippen LogP contribution < -0.4 is 10.3 Å². The van der Waals surface area contributed by atoms with Crippen LogP contribution in [0, 0.1) is 5.82 Å². The third-order valence-electron chi connectivity index (χ3n) is 4.69. The largest absolute Gasteiger partial charge is 0.477 e. The van der Waals surface area contributed by atoms with E-state index < -0.39 is 17.2 Å². The Labute approximate surface area is 151 Å². The van der Waals surface area contributed by atoms with Crippen LogP contribution >= 0.6 is 11.3 Å². The van der Waals surface area contributed by atoms with Crippen LogP contribution in [0.3, 0.4) is 0 Å². The molecule has 0 spiro atoms. The summed E-state index contributed by atoms with van der Waals surface area (Å²) in [5.41, 5.74) is 0.410. The molecule has 3 heterocycles. The van der Waals surface area contributed by atoms with Crippen molar-refractivity contribution in [1.29, 1.82) is 0 Å². The Hall–Kier alpha value is -2.74. The van der Waals surface area contributed by atoms with Crippen molar-refractivity contribution in [2.24, 2.45) is 4.99 Å². The zero-order valence-corrected chi connectivity index (χ0v) is 14.8. The van der Waals surface area contributed by atoms with E-state index in [1.54, 1.807) is 29.2 Å². The highest BCUT2D eigenvalue weighted by atomic mass is 32.1. The van der Waals surface area contributed by atoms with Gasteiger partial charge in [0.05, 0.1) is 16.6 Å². The van der Waals surface area contributed by atoms with Gasteiger partial charge in [0.2, 0.25) is 5.43 Å². The van der Waals surface area contributed by atoms with Gasteiger partial charge in [-0.25, -0.2) is 9.18 Å². The predicted octanol–water partition coefficient (Wildman–Crippen LogP) is 3.00. The van der Waals surface area contributed by atoms with E-state index in [9.17, 15) is 19.1 Å². The first-order valence-electron chi connectivity index (χ1n) is 8.23. The average molecular weight is 373 g/mol. The molecule has 3 aromatic rings. The number of aliphatic imine (C=N–C) groups is 1. The maximum atomic E-state index is 15.0. The molecule has 6 nitrogen and oxygen atoms in total. The Kier molecular flexibility index (Phi) is 3.99. The zero-order valence-electron chi connectivity index (χ0n) is 14.0. The smallest absolute Gasteiger partial charge is 0.342 e. The van der Waals surface area contributed by atoms with Gasteiger partial charge < -0.3 is 14.4 Å². The lowest BCUT2D eigenvalue weighted by Gasteiger charge is -2.22. The van der Waals surface area contributed by atoms with Crippen LogP contribution in [0.25, 0.3) is 15.7 Å². The molecule has 8 heteroatoms. The molecule has 1 saturated heterocycles. The van der Waals surface area contributed by atoms with Crippen molar-refractivity contribution < 1.29 is 14.3 Å². The number of fused-ring (bicyclic) bond motifs is 3. The lowest BCUT2D eigenvalue weighted by molar-refractivity contribution is 0.0697. The maximum absolute atomic E-state index is 15.0. The molecule has 0 unspecified atom stereocenters. The highest BCUT2D eigenvalue weighted by molar-refractivity contribution is 7.16. The Morgan fingerprint density at radius 1 is 1.38 bits per heavy atom. The molecule has 1 aliphatic rings. The van der Waals surface area contributed by atoms with Crippen LogP contribution in [0.1, 0.15) is 28.8 Å². The average Bonchev–Trinajstić information content (AvgIpc) is 3.26. The van der Waals surface area contributed by atoms with Gasteiger partial charge in [-0.3, -0.25) is 9.79 Å². The molecule has 134 valence electrons. The molecular formula is C18H16FN3O3S. The number of carboxylic acid groups (broad SMARTS) is 1. The molecule has 0 radical (unpaired) electrons. The maximum Gasteiger partial charge on any atom is 0.342 e. The van der Waals surface area contributed by atoms with Gasteiger partial charge in [-0.2, -0.15) is 0 Å². The first-order valence-corrected chi connectivity index (χ1v) is 9.11. The van der Waals surface area contributed by atoms with E-state index in [1.807, 2.05) is 4.90 Å². The summed E-state index contributed by atoms with van der Waals surface area (Å²) in [5.74, 6) is -1.84. The number of carboxylic acids is 1. The Morgan fingerprint density at radius 2 is 2.12 bits per heavy atom. The van der Waals surface area contributed by atoms with Crippen molar-refractivity contribution in [1.82, 2.24) is 4.40 Å². The fourth-order valence-corrected chi connectivity index (χ4v) is 4.53. The van der Waals surface area contributed by atoms with Gasteiger partial charge in [0, 0.05) is 43.5 Å². The molecule has 0 bridgehead atoms. The number of anilines is 1. The van der Waals surface area contributed by atoms with E-state index in [0.717, 1.165) is 32.0 Å². The molecule has 4 rings (SSSR count). The van der Waals surface area contributed by atoms with Gasteiger partial charge in [0.25, 0.3) is 0 Å². The van der Waals surface area contributed by atoms with E-state index in [-0.39, 0.29) is 10.9 Å². The summed E-state index contributed by atoms with van der Waals surface area (Å²) in [6, 6.07) is 1.16. The SMILES string of the molecule is CN=Cc1c(N2CCCC2)c(F)cc2c(=O)c(C(=O)O)c3sccn3c12. The molecule has 1 aromatic carbocycles. The van der Waals surface area contributed by atoms with Crippen molar-refractivity contribution in [3.05, 3.63) is 44.8 Å². The van der Waals surface area contributed by atoms with E-state index in [4.69, 9.17) is 0 Å². The summed E-state index contributed by atoms with van der Waals surface area (Å²) in [5, 5.41) is 11.2. The van der Waals surface area contributed by atoms with Crippen LogP contribution in [0.2, 0.25) is 0 Å². The minimum absolute atomic E-state index is 0.0497. The van der Waals surface area contributed by atoms with Crippen LogP contribution in [-0.2, 0) is 0 Å². The van der Waals surface area contributed by atoms with Crippen molar-refractivity contribution in [2.45, 2.75) is 12.8 Å². The number of halogens is 1. The monoisotopic (exact) mass is 373 g/mol. The second-order valence-corrected chi connectivity index (χ2v) is 7.08. The van der Waals surface area contributed by atoms with E-state index in [1.165, 1.54) is 11.3 Å². The van der Waals surface area contributed by atoms with Crippen molar-refractivity contribution in [3.8, 4) is 0 Å². The summed E-state index contributed by atoms with van der Waals surface area (Å²) in [7, 11) is 1.59. The number of hydrogen-bond donors (Lipinski definition) is 1. The van der Waals surface area contributed by atoms with Crippen LogP contribution in [-0.4, -0.2) is 41.8 Å². The summed E-state index contributed by atoms with van der Waals surface area (Å²) >= 11 is 1.17. The molecule has 0 atom stereocenters. The summed E-state index contributed by atoms with van der Waals surface area (Å²) in [6.07, 6.45) is 5.20. The topological polar surface area (TPSA) is 74.4 Å². The normalized spacial score (nSPS) is 14.9. The van der Waals surface area contributed by atoms with Crippen LogP contribution in [0.5, 0.6) is 0 Å². The molecule has 0 saturated carbocycles. The number of carbonyl (C=O) groups is 1. The zero-order chi connectivity index (χ0) is 18.4. The minimum atomic E-state index is -1.31. The number of thiazole rings is 1. The Morgan fingerprint density at radius 3 is 2.77 bits per heavy atom. The number of aromatic carboxylic acids is 1.